The van der Waals surface area contributed by atoms with Crippen molar-refractivity contribution < 1.29 is 9.53 Å². The second-order valence-electron chi connectivity index (χ2n) is 6.12. The monoisotopic (exact) mass is 391 g/mol. The minimum absolute atomic E-state index is 0. The normalized spacial score (nSPS) is 15.6. The van der Waals surface area contributed by atoms with Crippen molar-refractivity contribution in [1.82, 2.24) is 15.1 Å². The lowest BCUT2D eigenvalue weighted by Crippen LogP contribution is -2.48. The molecule has 2 rings (SSSR count). The van der Waals surface area contributed by atoms with Crippen LogP contribution in [0.4, 0.5) is 0 Å². The van der Waals surface area contributed by atoms with Crippen molar-refractivity contribution in [3.63, 3.8) is 0 Å². The van der Waals surface area contributed by atoms with Crippen molar-refractivity contribution in [3.05, 3.63) is 35.9 Å². The summed E-state index contributed by atoms with van der Waals surface area (Å²) in [5.41, 5.74) is 1.18. The molecule has 7 heteroatoms. The third-order valence-electron chi connectivity index (χ3n) is 4.26. The van der Waals surface area contributed by atoms with Gasteiger partial charge in [-0.2, -0.15) is 0 Å². The lowest BCUT2D eigenvalue weighted by atomic mass is 10.1. The molecule has 1 atom stereocenters. The number of carbonyl (C=O) groups is 1. The highest BCUT2D eigenvalue weighted by atomic mass is 35.5. The van der Waals surface area contributed by atoms with Gasteiger partial charge in [0.2, 0.25) is 5.91 Å². The molecule has 0 spiro atoms. The second-order valence-corrected chi connectivity index (χ2v) is 6.12. The van der Waals surface area contributed by atoms with Gasteiger partial charge in [-0.25, -0.2) is 0 Å². The Bertz CT molecular complexity index is 471. The lowest BCUT2D eigenvalue weighted by Gasteiger charge is -2.35. The predicted octanol–water partition coefficient (Wildman–Crippen LogP) is 2.19. The number of nitrogens with one attached hydrogen (secondary N) is 1. The largest absolute Gasteiger partial charge is 0.379 e. The summed E-state index contributed by atoms with van der Waals surface area (Å²) < 4.78 is 5.41. The quantitative estimate of drug-likeness (QED) is 0.737. The summed E-state index contributed by atoms with van der Waals surface area (Å²) in [6, 6.07) is 10.4. The maximum Gasteiger partial charge on any atom is 0.224 e. The molecule has 1 heterocycles. The van der Waals surface area contributed by atoms with Crippen LogP contribution >= 0.6 is 24.8 Å². The Morgan fingerprint density at radius 3 is 2.48 bits per heavy atom. The molecule has 5 nitrogen and oxygen atoms in total. The van der Waals surface area contributed by atoms with Crippen LogP contribution in [-0.2, 0) is 16.1 Å². The molecule has 25 heavy (non-hydrogen) atoms. The Morgan fingerprint density at radius 1 is 1.24 bits per heavy atom. The highest BCUT2D eigenvalue weighted by Gasteiger charge is 2.23. The fourth-order valence-corrected chi connectivity index (χ4v) is 2.90. The first-order valence-electron chi connectivity index (χ1n) is 8.49. The summed E-state index contributed by atoms with van der Waals surface area (Å²) in [5.74, 6) is 0.212. The van der Waals surface area contributed by atoms with Crippen LogP contribution in [0.3, 0.4) is 0 Å². The van der Waals surface area contributed by atoms with Gasteiger partial charge >= 0.3 is 0 Å². The molecule has 1 aliphatic heterocycles. The van der Waals surface area contributed by atoms with Crippen LogP contribution < -0.4 is 5.32 Å². The van der Waals surface area contributed by atoms with E-state index in [0.29, 0.717) is 19.5 Å². The smallest absolute Gasteiger partial charge is 0.224 e. The van der Waals surface area contributed by atoms with Gasteiger partial charge in [-0.1, -0.05) is 30.3 Å². The van der Waals surface area contributed by atoms with Crippen LogP contribution in [0, 0.1) is 0 Å². The van der Waals surface area contributed by atoms with E-state index in [2.05, 4.69) is 29.3 Å². The van der Waals surface area contributed by atoms with Crippen molar-refractivity contribution in [2.45, 2.75) is 25.9 Å². The van der Waals surface area contributed by atoms with Crippen LogP contribution in [0.1, 0.15) is 18.9 Å². The van der Waals surface area contributed by atoms with Gasteiger partial charge in [0, 0.05) is 45.2 Å². The molecular formula is C18H31Cl2N3O2. The van der Waals surface area contributed by atoms with Crippen LogP contribution in [0.2, 0.25) is 0 Å². The third-order valence-corrected chi connectivity index (χ3v) is 4.26. The van der Waals surface area contributed by atoms with Crippen molar-refractivity contribution in [2.75, 3.05) is 46.4 Å². The van der Waals surface area contributed by atoms with Gasteiger partial charge in [0.15, 0.2) is 0 Å². The van der Waals surface area contributed by atoms with Crippen LogP contribution in [0.5, 0.6) is 0 Å². The summed E-state index contributed by atoms with van der Waals surface area (Å²) in [6.07, 6.45) is 0.538. The highest BCUT2D eigenvalue weighted by molar-refractivity contribution is 5.85. The summed E-state index contributed by atoms with van der Waals surface area (Å²) in [6.45, 7) is 7.93. The predicted molar refractivity (Wildman–Crippen MR) is 107 cm³/mol. The number of hydrogen-bond acceptors (Lipinski definition) is 4. The maximum absolute atomic E-state index is 12.6. The molecule has 1 aromatic rings. The molecule has 1 aromatic carbocycles. The highest BCUT2D eigenvalue weighted by Crippen LogP contribution is 2.12. The molecule has 1 aliphatic rings. The van der Waals surface area contributed by atoms with Gasteiger partial charge in [0.25, 0.3) is 0 Å². The lowest BCUT2D eigenvalue weighted by molar-refractivity contribution is -0.134. The van der Waals surface area contributed by atoms with E-state index in [-0.39, 0.29) is 36.8 Å². The molecule has 0 aliphatic carbocycles. The molecular weight excluding hydrogens is 361 g/mol. The van der Waals surface area contributed by atoms with E-state index in [9.17, 15) is 4.79 Å². The molecule has 1 unspecified atom stereocenters. The number of ether oxygens (including phenoxy) is 1. The van der Waals surface area contributed by atoms with E-state index in [1.165, 1.54) is 5.56 Å². The molecule has 1 amide bonds. The Kier molecular flexibility index (Phi) is 12.9. The summed E-state index contributed by atoms with van der Waals surface area (Å²) in [7, 11) is 1.88. The first-order valence-corrected chi connectivity index (χ1v) is 8.49. The topological polar surface area (TPSA) is 44.8 Å². The first-order chi connectivity index (χ1) is 11.2. The molecule has 0 aromatic heterocycles. The van der Waals surface area contributed by atoms with E-state index in [1.54, 1.807) is 0 Å². The van der Waals surface area contributed by atoms with Gasteiger partial charge < -0.3 is 15.0 Å². The summed E-state index contributed by atoms with van der Waals surface area (Å²) in [5, 5.41) is 3.06. The maximum atomic E-state index is 12.6. The number of amides is 1. The molecule has 0 saturated carbocycles. The number of carbonyl (C=O) groups excluding carboxylic acids is 1. The number of hydrogen-bond donors (Lipinski definition) is 1. The average Bonchev–Trinajstić information content (AvgIpc) is 2.59. The van der Waals surface area contributed by atoms with Crippen LogP contribution in [0.25, 0.3) is 0 Å². The van der Waals surface area contributed by atoms with Gasteiger partial charge in [-0.05, 0) is 19.5 Å². The van der Waals surface area contributed by atoms with E-state index in [0.717, 1.165) is 32.8 Å². The second kappa shape index (κ2) is 13.4. The Balaban J connectivity index is 0.00000288. The van der Waals surface area contributed by atoms with Gasteiger partial charge in [-0.15, -0.1) is 24.8 Å². The zero-order chi connectivity index (χ0) is 16.5. The molecule has 0 radical (unpaired) electrons. The molecule has 1 saturated heterocycles. The Morgan fingerprint density at radius 2 is 1.88 bits per heavy atom. The van der Waals surface area contributed by atoms with Crippen molar-refractivity contribution in [2.24, 2.45) is 0 Å². The van der Waals surface area contributed by atoms with Gasteiger partial charge in [0.1, 0.15) is 0 Å². The van der Waals surface area contributed by atoms with Crippen molar-refractivity contribution in [3.8, 4) is 0 Å². The summed E-state index contributed by atoms with van der Waals surface area (Å²) >= 11 is 0. The van der Waals surface area contributed by atoms with Crippen molar-refractivity contribution in [1.29, 1.82) is 0 Å². The van der Waals surface area contributed by atoms with Gasteiger partial charge in [0.05, 0.1) is 13.2 Å². The zero-order valence-electron chi connectivity index (χ0n) is 15.1. The fraction of sp³-hybridized carbons (Fsp3) is 0.611. The van der Waals surface area contributed by atoms with E-state index >= 15 is 0 Å². The van der Waals surface area contributed by atoms with Crippen LogP contribution in [0.15, 0.2) is 30.3 Å². The molecule has 1 N–H and O–H groups in total. The number of morpholine rings is 1. The standard InChI is InChI=1S/C18H29N3O2.2ClH/c1-16(14-20-10-12-23-13-11-20)21(18(22)8-9-19-2)15-17-6-4-3-5-7-17;;/h3-7,16,19H,8-15H2,1-2H3;2*1H. The Labute approximate surface area is 163 Å². The number of nitrogens with zero attached hydrogens (tertiary/aromatic N) is 2. The third kappa shape index (κ3) is 8.38. The zero-order valence-corrected chi connectivity index (χ0v) is 16.8. The SMILES string of the molecule is CNCCC(=O)N(Cc1ccccc1)C(C)CN1CCOCC1.Cl.Cl. The first kappa shape index (κ1) is 24.1. The molecule has 144 valence electrons. The number of rotatable bonds is 8. The van der Waals surface area contributed by atoms with Crippen LogP contribution in [-0.4, -0.2) is 68.2 Å². The number of benzene rings is 1. The molecule has 0 bridgehead atoms. The number of halogens is 2. The van der Waals surface area contributed by atoms with E-state index in [1.807, 2.05) is 30.1 Å². The fourth-order valence-electron chi connectivity index (χ4n) is 2.90. The van der Waals surface area contributed by atoms with Gasteiger partial charge in [-0.3, -0.25) is 9.69 Å². The average molecular weight is 392 g/mol. The molecule has 1 fully saturated rings. The van der Waals surface area contributed by atoms with E-state index < -0.39 is 0 Å². The van der Waals surface area contributed by atoms with E-state index in [4.69, 9.17) is 4.74 Å². The Hall–Kier alpha value is -0.850. The minimum Gasteiger partial charge on any atom is -0.379 e. The van der Waals surface area contributed by atoms with Crippen molar-refractivity contribution >= 4 is 30.7 Å². The minimum atomic E-state index is 0. The summed E-state index contributed by atoms with van der Waals surface area (Å²) in [4.78, 5) is 17.0.